The topological polar surface area (TPSA) is 76.3 Å². The number of hydrogen-bond donors (Lipinski definition) is 1. The van der Waals surface area contributed by atoms with Crippen molar-refractivity contribution in [2.24, 2.45) is 11.8 Å². The molecule has 6 aromatic carbocycles. The van der Waals surface area contributed by atoms with E-state index in [4.69, 9.17) is 17.0 Å². The minimum absolute atomic E-state index is 0.0156. The number of allylic oxidation sites excluding steroid dienone is 6. The zero-order valence-electron chi connectivity index (χ0n) is 45.8. The molecule has 0 aromatic heterocycles. The first kappa shape index (κ1) is 56.2. The van der Waals surface area contributed by atoms with Gasteiger partial charge in [-0.15, -0.1) is 0 Å². The van der Waals surface area contributed by atoms with Crippen LogP contribution in [0.2, 0.25) is 0 Å². The van der Waals surface area contributed by atoms with Gasteiger partial charge < -0.3 is 9.64 Å². The number of fused-ring (bicyclic) bond motifs is 8. The van der Waals surface area contributed by atoms with Gasteiger partial charge in [-0.3, -0.25) is 14.4 Å². The van der Waals surface area contributed by atoms with E-state index in [1.807, 2.05) is 59.2 Å². The zero-order valence-corrected chi connectivity index (χ0v) is 51.5. The molecule has 3 fully saturated rings. The molecular formula is C65H69N4O4S7+. The molecule has 2 atom stereocenters. The minimum atomic E-state index is -4.74. The molecule has 6 aliphatic rings. The lowest BCUT2D eigenvalue weighted by Gasteiger charge is -2.45. The van der Waals surface area contributed by atoms with Gasteiger partial charge in [-0.2, -0.15) is 31.9 Å². The van der Waals surface area contributed by atoms with Gasteiger partial charge in [-0.25, -0.2) is 4.58 Å². The van der Waals surface area contributed by atoms with Crippen molar-refractivity contribution in [1.82, 2.24) is 14.7 Å². The molecule has 3 aliphatic carbocycles. The van der Waals surface area contributed by atoms with Crippen molar-refractivity contribution in [1.29, 1.82) is 0 Å². The summed E-state index contributed by atoms with van der Waals surface area (Å²) >= 11 is 15.9. The van der Waals surface area contributed by atoms with Gasteiger partial charge in [-0.05, 0) is 189 Å². The largest absolute Gasteiger partial charge is 0.497 e. The summed E-state index contributed by atoms with van der Waals surface area (Å²) in [5.41, 5.74) is 10.4. The Bertz CT molecular complexity index is 3530. The molecule has 8 nitrogen and oxygen atoms in total. The Morgan fingerprint density at radius 1 is 0.713 bits per heavy atom. The van der Waals surface area contributed by atoms with E-state index in [0.29, 0.717) is 11.3 Å². The highest BCUT2D eigenvalue weighted by Gasteiger charge is 2.56. The molecule has 0 unspecified atom stereocenters. The van der Waals surface area contributed by atoms with Crippen LogP contribution < -0.4 is 4.74 Å². The Morgan fingerprint density at radius 2 is 1.27 bits per heavy atom. The summed E-state index contributed by atoms with van der Waals surface area (Å²) in [5.74, 6) is 2.76. The van der Waals surface area contributed by atoms with Gasteiger partial charge in [0.15, 0.2) is 13.1 Å². The maximum Gasteiger partial charge on any atom is 0.295 e. The molecule has 6 aromatic rings. The van der Waals surface area contributed by atoms with Crippen LogP contribution in [0.25, 0.3) is 38.8 Å². The lowest BCUT2D eigenvalue weighted by atomic mass is 9.73. The highest BCUT2D eigenvalue weighted by Crippen LogP contribution is 2.68. The van der Waals surface area contributed by atoms with E-state index in [0.717, 1.165) is 124 Å². The van der Waals surface area contributed by atoms with Crippen molar-refractivity contribution in [2.45, 2.75) is 46.0 Å². The number of nitrogens with zero attached hydrogens (tertiary/aromatic N) is 4. The van der Waals surface area contributed by atoms with Crippen molar-refractivity contribution in [3.63, 3.8) is 0 Å². The summed E-state index contributed by atoms with van der Waals surface area (Å²) in [6.45, 7) is 10.5. The van der Waals surface area contributed by atoms with Gasteiger partial charge in [0.05, 0.1) is 20.2 Å². The number of hydrogen-bond acceptors (Lipinski definition) is 11. The fourth-order valence-electron chi connectivity index (χ4n) is 12.8. The summed E-state index contributed by atoms with van der Waals surface area (Å²) in [5, 5.41) is 4.45. The first-order valence-electron chi connectivity index (χ1n) is 28.1. The smallest absolute Gasteiger partial charge is 0.295 e. The van der Waals surface area contributed by atoms with Crippen molar-refractivity contribution in [3.8, 4) is 5.75 Å². The van der Waals surface area contributed by atoms with Crippen LogP contribution in [0, 0.1) is 11.8 Å². The number of rotatable bonds is 16. The Morgan fingerprint density at radius 3 is 1.86 bits per heavy atom. The normalized spacial score (nSPS) is 21.7. The molecule has 3 saturated heterocycles. The summed E-state index contributed by atoms with van der Waals surface area (Å²) < 4.78 is 49.1. The molecule has 15 heteroatoms. The number of thiocarbonyl (C=S) groups is 1. The van der Waals surface area contributed by atoms with E-state index < -0.39 is 10.1 Å². The van der Waals surface area contributed by atoms with Crippen LogP contribution in [0.15, 0.2) is 154 Å². The van der Waals surface area contributed by atoms with Gasteiger partial charge in [0.25, 0.3) is 14.5 Å². The van der Waals surface area contributed by atoms with Gasteiger partial charge in [-0.1, -0.05) is 133 Å². The van der Waals surface area contributed by atoms with E-state index in [1.165, 1.54) is 83.5 Å². The van der Waals surface area contributed by atoms with Crippen LogP contribution in [0.4, 0.5) is 0 Å². The lowest BCUT2D eigenvalue weighted by molar-refractivity contribution is -0.535. The molecule has 80 heavy (non-hydrogen) atoms. The SMILES string of the molecule is COc1ccc(C2=C(C=C3c4ccccc4C4(SC(=[N+]5CCN(CCCCSC)CC5)S4)c4ccccc43)[C@@H]3C=C[C@@H](C3)C2=Cc2c3ccccc3c(SC(=S)N3CCN(CCCCSC)CC3)c3ccccc23)c(S(=O)(=O)O)c1. The van der Waals surface area contributed by atoms with Crippen LogP contribution in [0.1, 0.15) is 65.5 Å². The summed E-state index contributed by atoms with van der Waals surface area (Å²) in [6.07, 6.45) is 19.6. The molecule has 0 amide bonds. The Labute approximate surface area is 499 Å². The van der Waals surface area contributed by atoms with Crippen LogP contribution in [-0.4, -0.2) is 138 Å². The predicted molar refractivity (Wildman–Crippen MR) is 349 cm³/mol. The first-order chi connectivity index (χ1) is 39.1. The first-order valence-corrected chi connectivity index (χ1v) is 35.2. The molecule has 12 rings (SSSR count). The standard InChI is InChI=1S/C65H68N4O4S7/c1-73-46-26-27-53(60(41-46)80(70,71)72)61-54(42-56-47-16-4-6-20-51(47)62(52-21-7-5-17-48(52)56)77-63(74)68-34-30-66(31-35-68)28-12-14-38-75-2)44-24-25-45(40-44)55(61)43-57-49-18-8-10-22-58(49)65(59-23-11-9-19-50(57)59)78-64(79-65)69-36-32-67(33-37-69)29-13-15-39-76-3/h4-11,16-27,41-45H,12-15,28-40H2,1-3H3/p+1/t44-,45+/m0/s1. The molecule has 3 aliphatic heterocycles. The van der Waals surface area contributed by atoms with Crippen molar-refractivity contribution >= 4 is 129 Å². The van der Waals surface area contributed by atoms with E-state index in [2.05, 4.69) is 153 Å². The average molecular weight is 1190 g/mol. The minimum Gasteiger partial charge on any atom is -0.497 e. The highest BCUT2D eigenvalue weighted by molar-refractivity contribution is 8.53. The van der Waals surface area contributed by atoms with Gasteiger partial charge in [0, 0.05) is 54.5 Å². The van der Waals surface area contributed by atoms with Crippen LogP contribution >= 0.6 is 71.0 Å². The van der Waals surface area contributed by atoms with Gasteiger partial charge in [0.1, 0.15) is 19.0 Å². The van der Waals surface area contributed by atoms with E-state index in [-0.39, 0.29) is 20.8 Å². The molecule has 1 N–H and O–H groups in total. The van der Waals surface area contributed by atoms with Crippen molar-refractivity contribution in [3.05, 3.63) is 178 Å². The van der Waals surface area contributed by atoms with Crippen LogP contribution in [-0.2, 0) is 14.2 Å². The fraction of sp³-hybridized carbons (Fsp3) is 0.354. The summed E-state index contributed by atoms with van der Waals surface area (Å²) in [6, 6.07) is 40.3. The Hall–Kier alpha value is -4.26. The quantitative estimate of drug-likeness (QED) is 0.0190. The Balaban J connectivity index is 0.975. The molecule has 0 radical (unpaired) electrons. The molecule has 0 saturated carbocycles. The number of piperazine rings is 2. The maximum absolute atomic E-state index is 13.8. The van der Waals surface area contributed by atoms with Crippen molar-refractivity contribution in [2.75, 3.05) is 96.6 Å². The van der Waals surface area contributed by atoms with Crippen LogP contribution in [0.5, 0.6) is 5.75 Å². The second-order valence-corrected chi connectivity index (χ2v) is 29.5. The fourth-order valence-corrected chi connectivity index (χ4v) is 19.2. The molecule has 3 heterocycles. The number of benzene rings is 6. The molecular weight excluding hydrogens is 1130 g/mol. The second kappa shape index (κ2) is 24.5. The number of methoxy groups -OCH3 is 1. The third-order valence-corrected chi connectivity index (χ3v) is 24.1. The highest BCUT2D eigenvalue weighted by atomic mass is 32.3. The molecule has 1 spiro atoms. The second-order valence-electron chi connectivity index (χ2n) is 21.6. The molecule has 2 bridgehead atoms. The summed E-state index contributed by atoms with van der Waals surface area (Å²) in [7, 11) is -3.22. The number of ether oxygens (including phenoxy) is 1. The van der Waals surface area contributed by atoms with E-state index >= 15 is 0 Å². The Kier molecular flexibility index (Phi) is 17.2. The third-order valence-electron chi connectivity index (χ3n) is 16.9. The number of unbranched alkanes of at least 4 members (excludes halogenated alkanes) is 2. The van der Waals surface area contributed by atoms with Crippen LogP contribution in [0.3, 0.4) is 0 Å². The predicted octanol–water partition coefficient (Wildman–Crippen LogP) is 14.4. The van der Waals surface area contributed by atoms with E-state index in [9.17, 15) is 13.0 Å². The number of thioether (sulfide) groups is 5. The monoisotopic (exact) mass is 1190 g/mol. The van der Waals surface area contributed by atoms with Gasteiger partial charge >= 0.3 is 0 Å². The maximum atomic E-state index is 13.8. The van der Waals surface area contributed by atoms with Crippen molar-refractivity contribution < 1.29 is 22.3 Å². The third kappa shape index (κ3) is 11.1. The van der Waals surface area contributed by atoms with E-state index in [1.54, 1.807) is 11.8 Å². The van der Waals surface area contributed by atoms with Gasteiger partial charge in [0.2, 0.25) is 0 Å². The lowest BCUT2D eigenvalue weighted by Crippen LogP contribution is -2.47. The average Bonchev–Trinajstić information content (AvgIpc) is 4.05. The summed E-state index contributed by atoms with van der Waals surface area (Å²) in [4.78, 5) is 8.58. The molecule has 414 valence electrons. The zero-order chi connectivity index (χ0) is 55.0.